The molecule has 0 bridgehead atoms. The molecule has 2 aliphatic heterocycles. The van der Waals surface area contributed by atoms with Gasteiger partial charge in [0.1, 0.15) is 12.1 Å². The van der Waals surface area contributed by atoms with Crippen molar-refractivity contribution in [3.63, 3.8) is 0 Å². The third kappa shape index (κ3) is 3.82. The van der Waals surface area contributed by atoms with Crippen molar-refractivity contribution in [2.24, 2.45) is 5.73 Å². The third-order valence-corrected chi connectivity index (χ3v) is 4.98. The standard InChI is InChI=1S/C18H24N4O3/c19-10-16(23)21-14-8-6-13-7-9-15(22(13)18(14)25)17(24)20-11-12-4-2-1-3-5-12/h1-5,13-15H,6-11,19H2,(H,20,24)(H,21,23)/t13?,14-,15-/m0/s1. The van der Waals surface area contributed by atoms with E-state index in [1.165, 1.54) is 0 Å². The molecule has 0 radical (unpaired) electrons. The molecule has 134 valence electrons. The molecule has 3 amide bonds. The fourth-order valence-corrected chi connectivity index (χ4v) is 3.71. The first kappa shape index (κ1) is 17.4. The number of carbonyl (C=O) groups is 3. The first-order valence-corrected chi connectivity index (χ1v) is 8.73. The number of nitrogens with two attached hydrogens (primary N) is 1. The Bertz CT molecular complexity index is 649. The van der Waals surface area contributed by atoms with Crippen molar-refractivity contribution in [1.29, 1.82) is 0 Å². The summed E-state index contributed by atoms with van der Waals surface area (Å²) < 4.78 is 0. The van der Waals surface area contributed by atoms with Gasteiger partial charge in [0, 0.05) is 12.6 Å². The van der Waals surface area contributed by atoms with Gasteiger partial charge in [-0.1, -0.05) is 30.3 Å². The Morgan fingerprint density at radius 2 is 1.84 bits per heavy atom. The summed E-state index contributed by atoms with van der Waals surface area (Å²) in [6, 6.07) is 8.72. The second kappa shape index (κ2) is 7.65. The molecule has 3 rings (SSSR count). The van der Waals surface area contributed by atoms with Gasteiger partial charge in [-0.3, -0.25) is 14.4 Å². The fourth-order valence-electron chi connectivity index (χ4n) is 3.71. The van der Waals surface area contributed by atoms with Crippen LogP contribution in [-0.4, -0.2) is 47.3 Å². The first-order valence-electron chi connectivity index (χ1n) is 8.73. The van der Waals surface area contributed by atoms with Crippen LogP contribution in [0.15, 0.2) is 30.3 Å². The highest BCUT2D eigenvalue weighted by Gasteiger charge is 2.46. The molecule has 1 unspecified atom stereocenters. The van der Waals surface area contributed by atoms with Gasteiger partial charge in [0.15, 0.2) is 0 Å². The number of hydrogen-bond donors (Lipinski definition) is 3. The van der Waals surface area contributed by atoms with Crippen molar-refractivity contribution in [2.45, 2.75) is 50.4 Å². The van der Waals surface area contributed by atoms with E-state index in [2.05, 4.69) is 10.6 Å². The molecular weight excluding hydrogens is 320 g/mol. The molecule has 0 spiro atoms. The molecule has 1 aromatic carbocycles. The summed E-state index contributed by atoms with van der Waals surface area (Å²) in [6.45, 7) is 0.296. The van der Waals surface area contributed by atoms with Crippen molar-refractivity contribution in [2.75, 3.05) is 6.54 Å². The Balaban J connectivity index is 1.63. The molecule has 0 saturated carbocycles. The van der Waals surface area contributed by atoms with Crippen LogP contribution in [0.5, 0.6) is 0 Å². The highest BCUT2D eigenvalue weighted by molar-refractivity contribution is 5.93. The van der Waals surface area contributed by atoms with Crippen LogP contribution in [0.4, 0.5) is 0 Å². The van der Waals surface area contributed by atoms with E-state index in [0.29, 0.717) is 19.4 Å². The number of rotatable bonds is 5. The second-order valence-electron chi connectivity index (χ2n) is 6.60. The second-order valence-corrected chi connectivity index (χ2v) is 6.60. The third-order valence-electron chi connectivity index (χ3n) is 4.98. The zero-order chi connectivity index (χ0) is 17.8. The Morgan fingerprint density at radius 3 is 2.56 bits per heavy atom. The van der Waals surface area contributed by atoms with Gasteiger partial charge in [0.25, 0.3) is 0 Å². The lowest BCUT2D eigenvalue weighted by Crippen LogP contribution is -2.59. The minimum atomic E-state index is -0.574. The quantitative estimate of drug-likeness (QED) is 0.694. The van der Waals surface area contributed by atoms with Gasteiger partial charge >= 0.3 is 0 Å². The maximum atomic E-state index is 12.7. The summed E-state index contributed by atoms with van der Waals surface area (Å²) in [5.41, 5.74) is 6.33. The summed E-state index contributed by atoms with van der Waals surface area (Å²) >= 11 is 0. The number of nitrogens with one attached hydrogen (secondary N) is 2. The number of hydrogen-bond acceptors (Lipinski definition) is 4. The molecular formula is C18H24N4O3. The Morgan fingerprint density at radius 1 is 1.12 bits per heavy atom. The average Bonchev–Trinajstić information content (AvgIpc) is 3.07. The summed E-state index contributed by atoms with van der Waals surface area (Å²) in [5, 5.41) is 5.58. The summed E-state index contributed by atoms with van der Waals surface area (Å²) in [4.78, 5) is 38.5. The molecule has 25 heavy (non-hydrogen) atoms. The van der Waals surface area contributed by atoms with Crippen LogP contribution in [0.25, 0.3) is 0 Å². The minimum absolute atomic E-state index is 0.0889. The maximum absolute atomic E-state index is 12.7. The van der Waals surface area contributed by atoms with Crippen molar-refractivity contribution >= 4 is 17.7 Å². The predicted octanol–water partition coefficient (Wildman–Crippen LogP) is -0.100. The molecule has 2 heterocycles. The Kier molecular flexibility index (Phi) is 5.33. The smallest absolute Gasteiger partial charge is 0.246 e. The number of amides is 3. The molecule has 2 saturated heterocycles. The van der Waals surface area contributed by atoms with Crippen molar-refractivity contribution in [3.8, 4) is 0 Å². The van der Waals surface area contributed by atoms with Crippen molar-refractivity contribution < 1.29 is 14.4 Å². The van der Waals surface area contributed by atoms with Crippen LogP contribution >= 0.6 is 0 Å². The number of piperidine rings is 1. The van der Waals surface area contributed by atoms with Crippen LogP contribution in [0, 0.1) is 0 Å². The Hall–Kier alpha value is -2.41. The molecule has 7 nitrogen and oxygen atoms in total. The maximum Gasteiger partial charge on any atom is 0.246 e. The number of benzene rings is 1. The zero-order valence-electron chi connectivity index (χ0n) is 14.1. The van der Waals surface area contributed by atoms with Gasteiger partial charge in [-0.2, -0.15) is 0 Å². The highest BCUT2D eigenvalue weighted by atomic mass is 16.2. The normalized spacial score (nSPS) is 25.4. The van der Waals surface area contributed by atoms with Crippen LogP contribution < -0.4 is 16.4 Å². The summed E-state index contributed by atoms with van der Waals surface area (Å²) in [5.74, 6) is -0.651. The molecule has 2 fully saturated rings. The van der Waals surface area contributed by atoms with Crippen LogP contribution in [0.3, 0.4) is 0 Å². The molecule has 0 aromatic heterocycles. The van der Waals surface area contributed by atoms with E-state index in [9.17, 15) is 14.4 Å². The van der Waals surface area contributed by atoms with Crippen molar-refractivity contribution in [1.82, 2.24) is 15.5 Å². The largest absolute Gasteiger partial charge is 0.350 e. The zero-order valence-corrected chi connectivity index (χ0v) is 14.1. The lowest BCUT2D eigenvalue weighted by atomic mass is 9.98. The number of fused-ring (bicyclic) bond motifs is 1. The molecule has 1 aromatic rings. The average molecular weight is 344 g/mol. The predicted molar refractivity (Wildman–Crippen MR) is 92.2 cm³/mol. The molecule has 7 heteroatoms. The van der Waals surface area contributed by atoms with Crippen LogP contribution in [0.1, 0.15) is 31.2 Å². The van der Waals surface area contributed by atoms with Gasteiger partial charge in [0.05, 0.1) is 6.54 Å². The molecule has 3 atom stereocenters. The molecule has 4 N–H and O–H groups in total. The van der Waals surface area contributed by atoms with Gasteiger partial charge in [-0.25, -0.2) is 0 Å². The van der Waals surface area contributed by atoms with E-state index < -0.39 is 12.1 Å². The van der Waals surface area contributed by atoms with Gasteiger partial charge in [-0.15, -0.1) is 0 Å². The number of carbonyl (C=O) groups excluding carboxylic acids is 3. The highest BCUT2D eigenvalue weighted by Crippen LogP contribution is 2.32. The lowest BCUT2D eigenvalue weighted by molar-refractivity contribution is -0.146. The number of nitrogens with zero attached hydrogens (tertiary/aromatic N) is 1. The first-order chi connectivity index (χ1) is 12.1. The summed E-state index contributed by atoms with van der Waals surface area (Å²) in [7, 11) is 0. The SMILES string of the molecule is NCC(=O)N[C@H]1CCC2CC[C@@H](C(=O)NCc3ccccc3)N2C1=O. The van der Waals surface area contributed by atoms with Gasteiger partial charge in [-0.05, 0) is 31.2 Å². The van der Waals surface area contributed by atoms with Crippen LogP contribution in [-0.2, 0) is 20.9 Å². The Labute approximate surface area is 146 Å². The minimum Gasteiger partial charge on any atom is -0.350 e. The van der Waals surface area contributed by atoms with Crippen molar-refractivity contribution in [3.05, 3.63) is 35.9 Å². The van der Waals surface area contributed by atoms with E-state index in [0.717, 1.165) is 18.4 Å². The topological polar surface area (TPSA) is 105 Å². The van der Waals surface area contributed by atoms with Crippen LogP contribution in [0.2, 0.25) is 0 Å². The summed E-state index contributed by atoms with van der Waals surface area (Å²) in [6.07, 6.45) is 2.88. The fraction of sp³-hybridized carbons (Fsp3) is 0.500. The molecule has 2 aliphatic rings. The van der Waals surface area contributed by atoms with Gasteiger partial charge in [0.2, 0.25) is 17.7 Å². The molecule has 0 aliphatic carbocycles. The van der Waals surface area contributed by atoms with E-state index in [4.69, 9.17) is 5.73 Å². The van der Waals surface area contributed by atoms with E-state index >= 15 is 0 Å². The van der Waals surface area contributed by atoms with E-state index in [1.54, 1.807) is 4.90 Å². The van der Waals surface area contributed by atoms with E-state index in [-0.39, 0.29) is 30.3 Å². The monoisotopic (exact) mass is 344 g/mol. The van der Waals surface area contributed by atoms with Gasteiger partial charge < -0.3 is 21.3 Å². The lowest BCUT2D eigenvalue weighted by Gasteiger charge is -2.37. The van der Waals surface area contributed by atoms with E-state index in [1.807, 2.05) is 30.3 Å².